The molecular weight excluding hydrogens is 200 g/mol. The average Bonchev–Trinajstić information content (AvgIpc) is 2.30. The Morgan fingerprint density at radius 1 is 1.12 bits per heavy atom. The molecule has 0 aromatic rings. The molecule has 0 spiro atoms. The van der Waals surface area contributed by atoms with E-state index in [1.807, 2.05) is 20.0 Å². The molecule has 1 amide bonds. The molecule has 0 aliphatic heterocycles. The lowest BCUT2D eigenvalue weighted by Gasteiger charge is -2.34. The van der Waals surface area contributed by atoms with E-state index in [1.54, 1.807) is 19.0 Å². The third-order valence-electron chi connectivity index (χ3n) is 3.40. The first-order valence-corrected chi connectivity index (χ1v) is 6.18. The summed E-state index contributed by atoms with van der Waals surface area (Å²) in [5.41, 5.74) is 0.830. The van der Waals surface area contributed by atoms with E-state index < -0.39 is 0 Å². The molecule has 0 saturated heterocycles. The zero-order valence-corrected chi connectivity index (χ0v) is 11.0. The van der Waals surface area contributed by atoms with Gasteiger partial charge in [-0.05, 0) is 19.8 Å². The van der Waals surface area contributed by atoms with Gasteiger partial charge in [-0.1, -0.05) is 25.3 Å². The van der Waals surface area contributed by atoms with Crippen LogP contribution in [0, 0.1) is 0 Å². The lowest BCUT2D eigenvalue weighted by Crippen LogP contribution is -2.39. The van der Waals surface area contributed by atoms with Gasteiger partial charge in [0.2, 0.25) is 0 Å². The van der Waals surface area contributed by atoms with Gasteiger partial charge in [-0.15, -0.1) is 0 Å². The van der Waals surface area contributed by atoms with Crippen LogP contribution >= 0.6 is 0 Å². The third kappa shape index (κ3) is 3.00. The molecule has 0 bridgehead atoms. The van der Waals surface area contributed by atoms with Gasteiger partial charge in [0, 0.05) is 27.2 Å². The minimum Gasteiger partial charge on any atom is -0.367 e. The summed E-state index contributed by atoms with van der Waals surface area (Å²) in [5, 5.41) is 0. The van der Waals surface area contributed by atoms with E-state index in [1.165, 1.54) is 32.1 Å². The maximum absolute atomic E-state index is 12.0. The van der Waals surface area contributed by atoms with E-state index in [-0.39, 0.29) is 5.91 Å². The summed E-state index contributed by atoms with van der Waals surface area (Å²) in [5.74, 6) is 0.107. The van der Waals surface area contributed by atoms with Crippen LogP contribution in [0.1, 0.15) is 39.0 Å². The third-order valence-corrected chi connectivity index (χ3v) is 3.40. The van der Waals surface area contributed by atoms with E-state index in [2.05, 4.69) is 4.90 Å². The molecule has 0 aromatic heterocycles. The molecular formula is C13H24N2O. The van der Waals surface area contributed by atoms with E-state index in [0.717, 1.165) is 5.70 Å². The second-order valence-corrected chi connectivity index (χ2v) is 4.78. The number of carbonyl (C=O) groups excluding carboxylic acids is 1. The minimum atomic E-state index is 0.107. The van der Waals surface area contributed by atoms with Gasteiger partial charge in [0.15, 0.2) is 0 Å². The topological polar surface area (TPSA) is 23.6 Å². The lowest BCUT2D eigenvalue weighted by atomic mass is 9.94. The molecule has 1 aliphatic rings. The number of allylic oxidation sites excluding steroid dienone is 1. The van der Waals surface area contributed by atoms with Crippen molar-refractivity contribution in [2.24, 2.45) is 0 Å². The van der Waals surface area contributed by atoms with E-state index in [4.69, 9.17) is 0 Å². The van der Waals surface area contributed by atoms with Crippen LogP contribution in [-0.2, 0) is 4.79 Å². The van der Waals surface area contributed by atoms with Crippen LogP contribution in [0.3, 0.4) is 0 Å². The van der Waals surface area contributed by atoms with Crippen LogP contribution < -0.4 is 0 Å². The number of likely N-dealkylation sites (N-methyl/N-ethyl adjacent to an activating group) is 2. The molecule has 0 atom stereocenters. The summed E-state index contributed by atoms with van der Waals surface area (Å²) in [4.78, 5) is 15.8. The van der Waals surface area contributed by atoms with Crippen molar-refractivity contribution < 1.29 is 4.79 Å². The maximum Gasteiger partial charge on any atom is 0.269 e. The summed E-state index contributed by atoms with van der Waals surface area (Å²) < 4.78 is 0. The maximum atomic E-state index is 12.0. The van der Waals surface area contributed by atoms with E-state index in [9.17, 15) is 4.79 Å². The summed E-state index contributed by atoms with van der Waals surface area (Å²) >= 11 is 0. The Morgan fingerprint density at radius 3 is 2.12 bits per heavy atom. The highest BCUT2D eigenvalue weighted by Gasteiger charge is 2.23. The fourth-order valence-electron chi connectivity index (χ4n) is 2.37. The number of rotatable bonds is 3. The van der Waals surface area contributed by atoms with Crippen LogP contribution in [0.2, 0.25) is 0 Å². The van der Waals surface area contributed by atoms with Gasteiger partial charge in [0.25, 0.3) is 5.91 Å². The van der Waals surface area contributed by atoms with Crippen LogP contribution in [0.25, 0.3) is 0 Å². The van der Waals surface area contributed by atoms with Gasteiger partial charge in [-0.2, -0.15) is 0 Å². The molecule has 0 N–H and O–H groups in total. The highest BCUT2D eigenvalue weighted by atomic mass is 16.2. The van der Waals surface area contributed by atoms with Crippen LogP contribution in [0.15, 0.2) is 11.8 Å². The molecule has 3 nitrogen and oxygen atoms in total. The molecule has 16 heavy (non-hydrogen) atoms. The Balaban J connectivity index is 2.69. The highest BCUT2D eigenvalue weighted by Crippen LogP contribution is 2.24. The van der Waals surface area contributed by atoms with Gasteiger partial charge in [0.1, 0.15) is 0 Å². The normalized spacial score (nSPS) is 18.4. The molecule has 3 heteroatoms. The highest BCUT2D eigenvalue weighted by molar-refractivity contribution is 5.92. The second-order valence-electron chi connectivity index (χ2n) is 4.78. The van der Waals surface area contributed by atoms with Crippen molar-refractivity contribution in [2.75, 3.05) is 21.1 Å². The van der Waals surface area contributed by atoms with Crippen molar-refractivity contribution in [2.45, 2.75) is 45.1 Å². The summed E-state index contributed by atoms with van der Waals surface area (Å²) in [7, 11) is 5.66. The van der Waals surface area contributed by atoms with Crippen LogP contribution in [0.5, 0.6) is 0 Å². The first kappa shape index (κ1) is 13.1. The van der Waals surface area contributed by atoms with Crippen LogP contribution in [-0.4, -0.2) is 42.9 Å². The summed E-state index contributed by atoms with van der Waals surface area (Å²) in [6.45, 7) is 1.94. The number of hydrogen-bond acceptors (Lipinski definition) is 2. The molecule has 0 unspecified atom stereocenters. The number of amides is 1. The Kier molecular flexibility index (Phi) is 4.84. The Hall–Kier alpha value is -0.990. The van der Waals surface area contributed by atoms with Gasteiger partial charge in [-0.3, -0.25) is 4.79 Å². The van der Waals surface area contributed by atoms with Crippen molar-refractivity contribution in [1.29, 1.82) is 0 Å². The first-order chi connectivity index (χ1) is 7.57. The van der Waals surface area contributed by atoms with E-state index in [0.29, 0.717) is 6.04 Å². The fourth-order valence-corrected chi connectivity index (χ4v) is 2.37. The number of hydrogen-bond donors (Lipinski definition) is 0. The number of nitrogens with zero attached hydrogens (tertiary/aromatic N) is 2. The zero-order valence-electron chi connectivity index (χ0n) is 11.0. The first-order valence-electron chi connectivity index (χ1n) is 6.18. The fraction of sp³-hybridized carbons (Fsp3) is 0.769. The van der Waals surface area contributed by atoms with Crippen molar-refractivity contribution in [3.05, 3.63) is 11.8 Å². The van der Waals surface area contributed by atoms with Crippen molar-refractivity contribution in [3.63, 3.8) is 0 Å². The molecule has 92 valence electrons. The smallest absolute Gasteiger partial charge is 0.269 e. The van der Waals surface area contributed by atoms with Gasteiger partial charge < -0.3 is 9.80 Å². The van der Waals surface area contributed by atoms with Gasteiger partial charge in [-0.25, -0.2) is 0 Å². The molecule has 0 radical (unpaired) electrons. The van der Waals surface area contributed by atoms with Crippen molar-refractivity contribution in [3.8, 4) is 0 Å². The largest absolute Gasteiger partial charge is 0.367 e. The minimum absolute atomic E-state index is 0.107. The summed E-state index contributed by atoms with van der Waals surface area (Å²) in [6.07, 6.45) is 8.29. The SMILES string of the molecule is CC=C(C(=O)N(C)C)N(C)C1CCCCC1. The average molecular weight is 224 g/mol. The van der Waals surface area contributed by atoms with Crippen molar-refractivity contribution in [1.82, 2.24) is 9.80 Å². The molecule has 1 rings (SSSR count). The molecule has 1 fully saturated rings. The monoisotopic (exact) mass is 224 g/mol. The predicted octanol–water partition coefficient (Wildman–Crippen LogP) is 2.24. The van der Waals surface area contributed by atoms with Gasteiger partial charge in [0.05, 0.1) is 5.70 Å². The standard InChI is InChI=1S/C13H24N2O/c1-5-12(13(16)14(2)3)15(4)11-9-7-6-8-10-11/h5,11H,6-10H2,1-4H3. The summed E-state index contributed by atoms with van der Waals surface area (Å²) in [6, 6.07) is 0.545. The quantitative estimate of drug-likeness (QED) is 0.686. The lowest BCUT2D eigenvalue weighted by molar-refractivity contribution is -0.126. The zero-order chi connectivity index (χ0) is 12.1. The molecule has 0 aromatic carbocycles. The van der Waals surface area contributed by atoms with E-state index >= 15 is 0 Å². The Morgan fingerprint density at radius 2 is 1.69 bits per heavy atom. The van der Waals surface area contributed by atoms with Gasteiger partial charge >= 0.3 is 0 Å². The Bertz CT molecular complexity index is 265. The molecule has 0 heterocycles. The Labute approximate surface area is 99.1 Å². The predicted molar refractivity (Wildman–Crippen MR) is 67.1 cm³/mol. The van der Waals surface area contributed by atoms with Crippen molar-refractivity contribution >= 4 is 5.91 Å². The van der Waals surface area contributed by atoms with Crippen LogP contribution in [0.4, 0.5) is 0 Å². The number of carbonyl (C=O) groups is 1. The molecule has 1 aliphatic carbocycles. The second kappa shape index (κ2) is 5.92. The molecule has 1 saturated carbocycles.